The number of nitrogens with one attached hydrogen (secondary N) is 4. The van der Waals surface area contributed by atoms with Crippen LogP contribution >= 0.6 is 12.2 Å². The first-order valence-electron chi connectivity index (χ1n) is 13.1. The van der Waals surface area contributed by atoms with E-state index in [1.807, 2.05) is 32.1 Å². The molecule has 2 unspecified atom stereocenters. The van der Waals surface area contributed by atoms with E-state index in [9.17, 15) is 9.59 Å². The molecule has 1 saturated carbocycles. The lowest BCUT2D eigenvalue weighted by atomic mass is 9.81. The molecule has 37 heavy (non-hydrogen) atoms. The Balaban J connectivity index is 1.67. The summed E-state index contributed by atoms with van der Waals surface area (Å²) in [5.74, 6) is -0.575. The number of hydrogen-bond acceptors (Lipinski definition) is 5. The Morgan fingerprint density at radius 2 is 1.97 bits per heavy atom. The topological polar surface area (TPSA) is 97.8 Å². The fourth-order valence-electron chi connectivity index (χ4n) is 5.55. The van der Waals surface area contributed by atoms with Gasteiger partial charge in [-0.25, -0.2) is 0 Å². The van der Waals surface area contributed by atoms with Crippen molar-refractivity contribution >= 4 is 36.2 Å². The predicted octanol–water partition coefficient (Wildman–Crippen LogP) is 5.54. The van der Waals surface area contributed by atoms with Gasteiger partial charge in [0.25, 0.3) is 0 Å². The summed E-state index contributed by atoms with van der Waals surface area (Å²) in [7, 11) is 0. The van der Waals surface area contributed by atoms with Gasteiger partial charge in [0.1, 0.15) is 10.9 Å². The normalized spacial score (nSPS) is 19.8. The third kappa shape index (κ3) is 6.05. The molecular weight excluding hydrogens is 480 g/mol. The van der Waals surface area contributed by atoms with Gasteiger partial charge < -0.3 is 21.0 Å². The van der Waals surface area contributed by atoms with Gasteiger partial charge in [0.2, 0.25) is 5.91 Å². The SMILES string of the molecule is CCc1cc(C)[nH]c(=S)c1CNC(=O)C1=CC(c2ccc(C=O)cc2C)=CC(NC2CCCC2)C1C=N. The van der Waals surface area contributed by atoms with Gasteiger partial charge in [-0.05, 0) is 73.6 Å². The zero-order chi connectivity index (χ0) is 26.5. The van der Waals surface area contributed by atoms with E-state index >= 15 is 0 Å². The van der Waals surface area contributed by atoms with Crippen molar-refractivity contribution in [3.8, 4) is 0 Å². The second kappa shape index (κ2) is 11.9. The van der Waals surface area contributed by atoms with Crippen molar-refractivity contribution in [2.75, 3.05) is 0 Å². The zero-order valence-corrected chi connectivity index (χ0v) is 22.6. The fourth-order valence-corrected chi connectivity index (χ4v) is 5.91. The monoisotopic (exact) mass is 516 g/mol. The van der Waals surface area contributed by atoms with E-state index in [4.69, 9.17) is 17.6 Å². The molecule has 0 saturated heterocycles. The Hall–Kier alpha value is -3.16. The molecule has 2 aliphatic carbocycles. The van der Waals surface area contributed by atoms with Crippen LogP contribution in [0.3, 0.4) is 0 Å². The Morgan fingerprint density at radius 3 is 2.62 bits per heavy atom. The zero-order valence-electron chi connectivity index (χ0n) is 21.8. The van der Waals surface area contributed by atoms with Crippen molar-refractivity contribution in [2.24, 2.45) is 5.92 Å². The maximum atomic E-state index is 13.6. The average Bonchev–Trinajstić information content (AvgIpc) is 3.40. The van der Waals surface area contributed by atoms with Gasteiger partial charge in [-0.15, -0.1) is 0 Å². The number of H-pyrrole nitrogens is 1. The minimum absolute atomic E-state index is 0.167. The first-order valence-corrected chi connectivity index (χ1v) is 13.5. The van der Waals surface area contributed by atoms with E-state index in [1.165, 1.54) is 19.1 Å². The summed E-state index contributed by atoms with van der Waals surface area (Å²) in [6.45, 7) is 6.36. The molecule has 1 fully saturated rings. The molecule has 7 heteroatoms. The number of rotatable bonds is 9. The van der Waals surface area contributed by atoms with Crippen LogP contribution in [0.1, 0.15) is 70.9 Å². The number of hydrogen-bond donors (Lipinski definition) is 4. The third-order valence-electron chi connectivity index (χ3n) is 7.51. The largest absolute Gasteiger partial charge is 0.350 e. The van der Waals surface area contributed by atoms with Crippen molar-refractivity contribution in [3.05, 3.63) is 80.1 Å². The lowest BCUT2D eigenvalue weighted by Gasteiger charge is -2.31. The van der Waals surface area contributed by atoms with Crippen LogP contribution in [0.4, 0.5) is 0 Å². The van der Waals surface area contributed by atoms with Gasteiger partial charge in [-0.2, -0.15) is 0 Å². The Kier molecular flexibility index (Phi) is 8.67. The molecule has 0 radical (unpaired) electrons. The van der Waals surface area contributed by atoms with Crippen LogP contribution in [0, 0.1) is 29.8 Å². The summed E-state index contributed by atoms with van der Waals surface area (Å²) >= 11 is 5.56. The molecule has 2 atom stereocenters. The molecule has 0 bridgehead atoms. The smallest absolute Gasteiger partial charge is 0.248 e. The van der Waals surface area contributed by atoms with Crippen LogP contribution in [-0.4, -0.2) is 35.5 Å². The number of aromatic amines is 1. The molecule has 6 nitrogen and oxygen atoms in total. The second-order valence-corrected chi connectivity index (χ2v) is 10.5. The quantitative estimate of drug-likeness (QED) is 0.200. The highest BCUT2D eigenvalue weighted by atomic mass is 32.1. The van der Waals surface area contributed by atoms with Crippen LogP contribution in [-0.2, 0) is 17.8 Å². The van der Waals surface area contributed by atoms with E-state index in [-0.39, 0.29) is 17.9 Å². The highest BCUT2D eigenvalue weighted by molar-refractivity contribution is 7.71. The Bertz CT molecular complexity index is 1320. The van der Waals surface area contributed by atoms with Crippen LogP contribution in [0.5, 0.6) is 0 Å². The molecule has 0 spiro atoms. The predicted molar refractivity (Wildman–Crippen MR) is 152 cm³/mol. The number of aromatic nitrogens is 1. The Labute approximate surface area is 224 Å². The van der Waals surface area contributed by atoms with Crippen LogP contribution in [0.2, 0.25) is 0 Å². The summed E-state index contributed by atoms with van der Waals surface area (Å²) in [6, 6.07) is 7.89. The molecule has 2 aliphatic rings. The highest BCUT2D eigenvalue weighted by Crippen LogP contribution is 2.32. The lowest BCUT2D eigenvalue weighted by Crippen LogP contribution is -2.45. The summed E-state index contributed by atoms with van der Waals surface area (Å²) in [4.78, 5) is 28.1. The number of benzene rings is 1. The number of aldehydes is 1. The molecule has 4 N–H and O–H groups in total. The number of carbonyl (C=O) groups excluding carboxylic acids is 2. The highest BCUT2D eigenvalue weighted by Gasteiger charge is 2.32. The second-order valence-electron chi connectivity index (χ2n) is 10.1. The average molecular weight is 517 g/mol. The van der Waals surface area contributed by atoms with Crippen molar-refractivity contribution in [2.45, 2.75) is 71.5 Å². The summed E-state index contributed by atoms with van der Waals surface area (Å²) in [6.07, 6.45) is 11.7. The van der Waals surface area contributed by atoms with E-state index in [0.29, 0.717) is 28.4 Å². The molecule has 2 aromatic rings. The van der Waals surface area contributed by atoms with E-state index in [2.05, 4.69) is 34.7 Å². The van der Waals surface area contributed by atoms with Gasteiger partial charge in [-0.3, -0.25) is 9.59 Å². The maximum Gasteiger partial charge on any atom is 0.248 e. The van der Waals surface area contributed by atoms with Gasteiger partial charge >= 0.3 is 0 Å². The molecule has 1 aromatic carbocycles. The number of allylic oxidation sites excluding steroid dienone is 2. The fraction of sp³-hybridized carbons (Fsp3) is 0.400. The number of carbonyl (C=O) groups is 2. The van der Waals surface area contributed by atoms with Gasteiger partial charge in [-0.1, -0.05) is 50.2 Å². The Morgan fingerprint density at radius 1 is 1.22 bits per heavy atom. The summed E-state index contributed by atoms with van der Waals surface area (Å²) < 4.78 is 0.644. The first-order chi connectivity index (χ1) is 17.8. The molecule has 1 aromatic heterocycles. The van der Waals surface area contributed by atoms with E-state index in [1.54, 1.807) is 6.07 Å². The lowest BCUT2D eigenvalue weighted by molar-refractivity contribution is -0.118. The minimum atomic E-state index is -0.378. The molecular formula is C30H36N4O2S. The third-order valence-corrected chi connectivity index (χ3v) is 7.86. The molecule has 4 rings (SSSR count). The van der Waals surface area contributed by atoms with Crippen molar-refractivity contribution in [1.29, 1.82) is 5.41 Å². The van der Waals surface area contributed by atoms with Crippen LogP contribution in [0.25, 0.3) is 5.57 Å². The van der Waals surface area contributed by atoms with Crippen molar-refractivity contribution < 1.29 is 9.59 Å². The number of pyridine rings is 1. The van der Waals surface area contributed by atoms with E-state index in [0.717, 1.165) is 59.1 Å². The molecule has 194 valence electrons. The maximum absolute atomic E-state index is 13.6. The summed E-state index contributed by atoms with van der Waals surface area (Å²) in [5, 5.41) is 15.0. The van der Waals surface area contributed by atoms with Gasteiger partial charge in [0.05, 0.1) is 0 Å². The standard InChI is InChI=1S/C30H36N4O2S/c1-4-21-12-19(3)33-30(37)27(21)16-32-29(36)25-13-22(24-10-9-20(17-35)11-18(24)2)14-28(26(25)15-31)34-23-7-5-6-8-23/h9-15,17,23,26,28,31,34H,4-8,16H2,1-3H3,(H,32,36)(H,33,37). The number of amides is 1. The van der Waals surface area contributed by atoms with Crippen molar-refractivity contribution in [1.82, 2.24) is 15.6 Å². The molecule has 1 amide bonds. The van der Waals surface area contributed by atoms with Crippen LogP contribution < -0.4 is 10.6 Å². The minimum Gasteiger partial charge on any atom is -0.350 e. The number of aryl methyl sites for hydroxylation is 3. The summed E-state index contributed by atoms with van der Waals surface area (Å²) in [5.41, 5.74) is 7.11. The molecule has 1 heterocycles. The van der Waals surface area contributed by atoms with Crippen LogP contribution in [0.15, 0.2) is 42.0 Å². The van der Waals surface area contributed by atoms with Gasteiger partial charge in [0.15, 0.2) is 0 Å². The van der Waals surface area contributed by atoms with E-state index < -0.39 is 0 Å². The van der Waals surface area contributed by atoms with Crippen molar-refractivity contribution in [3.63, 3.8) is 0 Å². The first kappa shape index (κ1) is 26.9. The van der Waals surface area contributed by atoms with Gasteiger partial charge in [0, 0.05) is 53.2 Å². The molecule has 0 aliphatic heterocycles.